The minimum Gasteiger partial charge on any atom is -0.455 e. The van der Waals surface area contributed by atoms with Crippen molar-refractivity contribution in [2.24, 2.45) is 5.92 Å². The highest BCUT2D eigenvalue weighted by molar-refractivity contribution is 7.99. The molecule has 1 amide bonds. The predicted molar refractivity (Wildman–Crippen MR) is 97.5 cm³/mol. The molecular weight excluding hydrogens is 334 g/mol. The highest BCUT2D eigenvalue weighted by Gasteiger charge is 2.35. The average molecular weight is 353 g/mol. The number of para-hydroxylation sites is 1. The van der Waals surface area contributed by atoms with Crippen LogP contribution in [0.2, 0.25) is 0 Å². The fourth-order valence-electron chi connectivity index (χ4n) is 3.06. The van der Waals surface area contributed by atoms with E-state index in [1.807, 2.05) is 54.6 Å². The third-order valence-electron chi connectivity index (χ3n) is 4.53. The molecule has 1 saturated carbocycles. The van der Waals surface area contributed by atoms with Gasteiger partial charge in [-0.05, 0) is 30.5 Å². The molecule has 25 heavy (non-hydrogen) atoms. The molecule has 2 aromatic carbocycles. The van der Waals surface area contributed by atoms with Gasteiger partial charge in [0.2, 0.25) is 0 Å². The smallest absolute Gasteiger partial charge is 0.309 e. The summed E-state index contributed by atoms with van der Waals surface area (Å²) in [6.45, 7) is -0.197. The molecule has 0 N–H and O–H groups in total. The lowest BCUT2D eigenvalue weighted by Gasteiger charge is -2.37. The molecule has 1 fully saturated rings. The lowest BCUT2D eigenvalue weighted by Crippen LogP contribution is -2.41. The van der Waals surface area contributed by atoms with Crippen molar-refractivity contribution in [1.29, 1.82) is 0 Å². The highest BCUT2D eigenvalue weighted by Crippen LogP contribution is 2.43. The van der Waals surface area contributed by atoms with E-state index >= 15 is 0 Å². The zero-order chi connectivity index (χ0) is 17.2. The van der Waals surface area contributed by atoms with Crippen molar-refractivity contribution in [3.8, 4) is 0 Å². The molecule has 1 atom stereocenters. The number of rotatable bonds is 4. The molecule has 0 bridgehead atoms. The Morgan fingerprint density at radius 2 is 1.76 bits per heavy atom. The van der Waals surface area contributed by atoms with Gasteiger partial charge in [-0.1, -0.05) is 42.5 Å². The minimum atomic E-state index is -0.246. The number of benzene rings is 2. The van der Waals surface area contributed by atoms with Gasteiger partial charge in [-0.15, -0.1) is 11.8 Å². The molecular formula is C20H19NO3S. The summed E-state index contributed by atoms with van der Waals surface area (Å²) in [6, 6.07) is 17.8. The van der Waals surface area contributed by atoms with Gasteiger partial charge in [-0.25, -0.2) is 0 Å². The first kappa shape index (κ1) is 16.2. The highest BCUT2D eigenvalue weighted by atomic mass is 32.2. The second kappa shape index (κ2) is 6.92. The number of nitrogens with zero attached hydrogens (tertiary/aromatic N) is 1. The molecule has 2 aromatic rings. The fourth-order valence-corrected chi connectivity index (χ4v) is 4.23. The summed E-state index contributed by atoms with van der Waals surface area (Å²) < 4.78 is 5.24. The molecule has 5 heteroatoms. The zero-order valence-corrected chi connectivity index (χ0v) is 14.6. The summed E-state index contributed by atoms with van der Waals surface area (Å²) in [4.78, 5) is 27.6. The Morgan fingerprint density at radius 1 is 1.04 bits per heavy atom. The van der Waals surface area contributed by atoms with Gasteiger partial charge >= 0.3 is 5.97 Å². The van der Waals surface area contributed by atoms with E-state index in [1.54, 1.807) is 16.7 Å². The molecule has 0 aromatic heterocycles. The monoisotopic (exact) mass is 353 g/mol. The van der Waals surface area contributed by atoms with Gasteiger partial charge in [-0.2, -0.15) is 0 Å². The summed E-state index contributed by atoms with van der Waals surface area (Å²) in [6.07, 6.45) is 1.76. The third kappa shape index (κ3) is 3.42. The van der Waals surface area contributed by atoms with Crippen molar-refractivity contribution in [1.82, 2.24) is 0 Å². The molecule has 0 spiro atoms. The van der Waals surface area contributed by atoms with Gasteiger partial charge in [0.15, 0.2) is 6.61 Å². The quantitative estimate of drug-likeness (QED) is 0.784. The van der Waals surface area contributed by atoms with Crippen LogP contribution >= 0.6 is 11.8 Å². The first-order chi connectivity index (χ1) is 12.2. The van der Waals surface area contributed by atoms with Crippen molar-refractivity contribution in [3.05, 3.63) is 60.2 Å². The van der Waals surface area contributed by atoms with Gasteiger partial charge in [0.05, 0.1) is 17.6 Å². The third-order valence-corrected chi connectivity index (χ3v) is 5.67. The van der Waals surface area contributed by atoms with Crippen molar-refractivity contribution in [2.45, 2.75) is 23.8 Å². The molecule has 0 saturated heterocycles. The standard InChI is InChI=1S/C20H19NO3S/c22-19(12-24-20(23)15-10-11-15)21-16-8-4-5-9-18(16)25-13-17(21)14-6-2-1-3-7-14/h1-9,15,17H,10-13H2/t17-/m1/s1. The average Bonchev–Trinajstić information content (AvgIpc) is 3.51. The topological polar surface area (TPSA) is 46.6 Å². The van der Waals surface area contributed by atoms with E-state index in [4.69, 9.17) is 4.74 Å². The maximum absolute atomic E-state index is 12.9. The SMILES string of the molecule is O=C(OCC(=O)N1c2ccccc2SC[C@@H]1c1ccccc1)C1CC1. The van der Waals surface area contributed by atoms with Crippen molar-refractivity contribution in [2.75, 3.05) is 17.3 Å². The van der Waals surface area contributed by atoms with Crippen LogP contribution in [0.4, 0.5) is 5.69 Å². The zero-order valence-electron chi connectivity index (χ0n) is 13.8. The van der Waals surface area contributed by atoms with Crippen LogP contribution in [0.3, 0.4) is 0 Å². The van der Waals surface area contributed by atoms with E-state index in [0.717, 1.165) is 34.7 Å². The first-order valence-electron chi connectivity index (χ1n) is 8.49. The summed E-state index contributed by atoms with van der Waals surface area (Å²) in [7, 11) is 0. The van der Waals surface area contributed by atoms with Crippen LogP contribution in [0, 0.1) is 5.92 Å². The number of fused-ring (bicyclic) bond motifs is 1. The van der Waals surface area contributed by atoms with Crippen LogP contribution in [0.25, 0.3) is 0 Å². The Bertz CT molecular complexity index is 789. The van der Waals surface area contributed by atoms with Crippen molar-refractivity contribution in [3.63, 3.8) is 0 Å². The van der Waals surface area contributed by atoms with Gasteiger partial charge in [0.25, 0.3) is 5.91 Å². The molecule has 128 valence electrons. The Balaban J connectivity index is 1.61. The van der Waals surface area contributed by atoms with E-state index in [1.165, 1.54) is 0 Å². The molecule has 1 heterocycles. The van der Waals surface area contributed by atoms with E-state index in [2.05, 4.69) is 0 Å². The van der Waals surface area contributed by atoms with E-state index in [9.17, 15) is 9.59 Å². The second-order valence-corrected chi connectivity index (χ2v) is 7.41. The maximum atomic E-state index is 12.9. The molecule has 4 nitrogen and oxygen atoms in total. The lowest BCUT2D eigenvalue weighted by molar-refractivity contribution is -0.149. The van der Waals surface area contributed by atoms with Gasteiger partial charge in [0, 0.05) is 10.6 Å². The molecule has 1 aliphatic heterocycles. The summed E-state index contributed by atoms with van der Waals surface area (Å²) >= 11 is 1.75. The van der Waals surface area contributed by atoms with Crippen LogP contribution in [0.1, 0.15) is 24.4 Å². The van der Waals surface area contributed by atoms with Gasteiger partial charge < -0.3 is 4.74 Å². The number of carbonyl (C=O) groups is 2. The Morgan fingerprint density at radius 3 is 2.52 bits per heavy atom. The number of hydrogen-bond donors (Lipinski definition) is 0. The summed E-state index contributed by atoms with van der Waals surface area (Å²) in [5.74, 6) is 0.366. The summed E-state index contributed by atoms with van der Waals surface area (Å²) in [5.41, 5.74) is 1.98. The Labute approximate surface area is 151 Å². The fraction of sp³-hybridized carbons (Fsp3) is 0.300. The number of amides is 1. The Kier molecular flexibility index (Phi) is 4.49. The van der Waals surface area contributed by atoms with Crippen molar-refractivity contribution < 1.29 is 14.3 Å². The predicted octanol–water partition coefficient (Wildman–Crippen LogP) is 3.82. The van der Waals surface area contributed by atoms with E-state index < -0.39 is 0 Å². The first-order valence-corrected chi connectivity index (χ1v) is 9.48. The molecule has 1 aliphatic carbocycles. The largest absolute Gasteiger partial charge is 0.455 e. The van der Waals surface area contributed by atoms with Crippen molar-refractivity contribution >= 4 is 29.3 Å². The molecule has 4 rings (SSSR count). The lowest BCUT2D eigenvalue weighted by atomic mass is 10.1. The van der Waals surface area contributed by atoms with Crippen LogP contribution in [-0.4, -0.2) is 24.2 Å². The number of ether oxygens (including phenoxy) is 1. The van der Waals surface area contributed by atoms with Crippen LogP contribution in [0.15, 0.2) is 59.5 Å². The molecule has 0 radical (unpaired) electrons. The van der Waals surface area contributed by atoms with Crippen LogP contribution < -0.4 is 4.90 Å². The summed E-state index contributed by atoms with van der Waals surface area (Å²) in [5, 5.41) is 0. The van der Waals surface area contributed by atoms with Crippen LogP contribution in [-0.2, 0) is 14.3 Å². The number of esters is 1. The van der Waals surface area contributed by atoms with Gasteiger partial charge in [-0.3, -0.25) is 14.5 Å². The molecule has 2 aliphatic rings. The van der Waals surface area contributed by atoms with Crippen LogP contribution in [0.5, 0.6) is 0 Å². The van der Waals surface area contributed by atoms with E-state index in [-0.39, 0.29) is 30.4 Å². The molecule has 0 unspecified atom stereocenters. The normalized spacial score (nSPS) is 19.2. The number of carbonyl (C=O) groups excluding carboxylic acids is 2. The maximum Gasteiger partial charge on any atom is 0.309 e. The number of thioether (sulfide) groups is 1. The Hall–Kier alpha value is -2.27. The van der Waals surface area contributed by atoms with E-state index in [0.29, 0.717) is 0 Å². The minimum absolute atomic E-state index is 0.00178. The number of anilines is 1. The second-order valence-electron chi connectivity index (χ2n) is 6.35. The number of hydrogen-bond acceptors (Lipinski definition) is 4. The van der Waals surface area contributed by atoms with Gasteiger partial charge in [0.1, 0.15) is 0 Å².